The quantitative estimate of drug-likeness (QED) is 0.142. The van der Waals surface area contributed by atoms with E-state index in [1.54, 1.807) is 74.6 Å². The predicted molar refractivity (Wildman–Crippen MR) is 162 cm³/mol. The zero-order valence-corrected chi connectivity index (χ0v) is 24.2. The third-order valence-corrected chi connectivity index (χ3v) is 6.82. The number of methoxy groups -OCH3 is 2. The highest BCUT2D eigenvalue weighted by Crippen LogP contribution is 2.39. The number of nitrogens with one attached hydrogen (secondary N) is 1. The Bertz CT molecular complexity index is 1950. The highest BCUT2D eigenvalue weighted by Gasteiger charge is 2.35. The molecule has 44 heavy (non-hydrogen) atoms. The van der Waals surface area contributed by atoms with E-state index in [0.717, 1.165) is 24.3 Å². The number of anilines is 1. The molecular weight excluding hydrogens is 573 g/mol. The normalized spacial score (nSPS) is 11.2. The SMILES string of the molecule is COc1cc2nccc(Oc3cccc4c(C(=O)Nc5ccc(C(F)(F)F)c(C(=O)C=C(C)C)c5)cccc34)c2cc1OC. The van der Waals surface area contributed by atoms with Gasteiger partial charge in [-0.1, -0.05) is 29.8 Å². The molecule has 0 saturated carbocycles. The molecule has 0 aliphatic heterocycles. The molecule has 0 atom stereocenters. The summed E-state index contributed by atoms with van der Waals surface area (Å²) in [7, 11) is 3.07. The Labute approximate surface area is 250 Å². The van der Waals surface area contributed by atoms with Crippen molar-refractivity contribution in [1.82, 2.24) is 4.98 Å². The van der Waals surface area contributed by atoms with Crippen LogP contribution in [0.2, 0.25) is 0 Å². The van der Waals surface area contributed by atoms with Crippen LogP contribution in [0.1, 0.15) is 40.1 Å². The Balaban J connectivity index is 1.50. The number of alkyl halides is 3. The van der Waals surface area contributed by atoms with Crippen molar-refractivity contribution in [2.75, 3.05) is 19.5 Å². The van der Waals surface area contributed by atoms with Gasteiger partial charge in [-0.25, -0.2) is 0 Å². The Morgan fingerprint density at radius 3 is 2.16 bits per heavy atom. The molecule has 0 saturated heterocycles. The number of fused-ring (bicyclic) bond motifs is 2. The number of pyridine rings is 1. The standard InChI is InChI=1S/C34H27F3N2O5/c1-19(2)15-28(40)24-16-20(11-12-26(24)34(35,36)37)39-33(41)23-9-5-8-22-21(23)7-6-10-29(22)44-30-13-14-38-27-18-32(43-4)31(42-3)17-25(27)30/h5-18H,1-4H3,(H,39,41). The molecular formula is C34H27F3N2O5. The summed E-state index contributed by atoms with van der Waals surface area (Å²) in [6, 6.07) is 18.5. The zero-order chi connectivity index (χ0) is 31.6. The predicted octanol–water partition coefficient (Wildman–Crippen LogP) is 8.62. The fraction of sp³-hybridized carbons (Fsp3) is 0.147. The topological polar surface area (TPSA) is 86.8 Å². The van der Waals surface area contributed by atoms with Gasteiger partial charge in [-0.05, 0) is 67.8 Å². The van der Waals surface area contributed by atoms with Crippen LogP contribution in [0.4, 0.5) is 18.9 Å². The summed E-state index contributed by atoms with van der Waals surface area (Å²) >= 11 is 0. The number of rotatable bonds is 8. The Morgan fingerprint density at radius 1 is 0.773 bits per heavy atom. The largest absolute Gasteiger partial charge is 0.493 e. The number of nitrogens with zero attached hydrogens (tertiary/aromatic N) is 1. The van der Waals surface area contributed by atoms with Gasteiger partial charge in [0.05, 0.1) is 25.3 Å². The van der Waals surface area contributed by atoms with E-state index in [1.807, 2.05) is 0 Å². The number of aromatic nitrogens is 1. The van der Waals surface area contributed by atoms with E-state index in [0.29, 0.717) is 50.2 Å². The van der Waals surface area contributed by atoms with Crippen molar-refractivity contribution in [1.29, 1.82) is 0 Å². The molecule has 1 heterocycles. The van der Waals surface area contributed by atoms with Gasteiger partial charge in [0.15, 0.2) is 17.3 Å². The van der Waals surface area contributed by atoms with Gasteiger partial charge >= 0.3 is 6.18 Å². The molecule has 0 unspecified atom stereocenters. The molecule has 4 aromatic carbocycles. The van der Waals surface area contributed by atoms with Crippen molar-refractivity contribution in [3.8, 4) is 23.0 Å². The second kappa shape index (κ2) is 12.1. The smallest absolute Gasteiger partial charge is 0.417 e. The number of allylic oxidation sites excluding steroid dienone is 2. The third kappa shape index (κ3) is 6.05. The molecule has 0 aliphatic rings. The molecule has 10 heteroatoms. The van der Waals surface area contributed by atoms with Crippen LogP contribution < -0.4 is 19.5 Å². The average Bonchev–Trinajstić information content (AvgIpc) is 2.99. The first-order valence-electron chi connectivity index (χ1n) is 13.4. The Morgan fingerprint density at radius 2 is 1.45 bits per heavy atom. The van der Waals surface area contributed by atoms with E-state index in [2.05, 4.69) is 10.3 Å². The number of benzene rings is 4. The fourth-order valence-electron chi connectivity index (χ4n) is 4.83. The van der Waals surface area contributed by atoms with Gasteiger partial charge in [0.1, 0.15) is 11.5 Å². The van der Waals surface area contributed by atoms with Gasteiger partial charge in [-0.3, -0.25) is 14.6 Å². The van der Waals surface area contributed by atoms with Crippen LogP contribution in [0, 0.1) is 0 Å². The van der Waals surface area contributed by atoms with Crippen molar-refractivity contribution in [3.63, 3.8) is 0 Å². The number of ether oxygens (including phenoxy) is 3. The van der Waals surface area contributed by atoms with Crippen LogP contribution in [-0.4, -0.2) is 30.9 Å². The first-order valence-corrected chi connectivity index (χ1v) is 13.4. The van der Waals surface area contributed by atoms with Gasteiger partial charge in [0, 0.05) is 39.8 Å². The molecule has 0 bridgehead atoms. The summed E-state index contributed by atoms with van der Waals surface area (Å²) in [5.41, 5.74) is -0.153. The van der Waals surface area contributed by atoms with Crippen molar-refractivity contribution >= 4 is 39.1 Å². The lowest BCUT2D eigenvalue weighted by Crippen LogP contribution is -2.16. The number of carbonyl (C=O) groups is 2. The summed E-state index contributed by atoms with van der Waals surface area (Å²) in [6.45, 7) is 3.22. The van der Waals surface area contributed by atoms with Gasteiger partial charge in [-0.2, -0.15) is 13.2 Å². The number of hydrogen-bond acceptors (Lipinski definition) is 6. The first kappa shape index (κ1) is 30.1. The summed E-state index contributed by atoms with van der Waals surface area (Å²) in [5, 5.41) is 4.49. The molecule has 0 aliphatic carbocycles. The molecule has 0 spiro atoms. The van der Waals surface area contributed by atoms with Crippen LogP contribution in [0.5, 0.6) is 23.0 Å². The number of hydrogen-bond donors (Lipinski definition) is 1. The van der Waals surface area contributed by atoms with Crippen LogP contribution in [-0.2, 0) is 6.18 Å². The van der Waals surface area contributed by atoms with E-state index in [4.69, 9.17) is 14.2 Å². The molecule has 5 rings (SSSR count). The number of amides is 1. The molecule has 1 amide bonds. The van der Waals surface area contributed by atoms with E-state index >= 15 is 0 Å². The lowest BCUT2D eigenvalue weighted by atomic mass is 10.00. The Kier molecular flexibility index (Phi) is 8.26. The van der Waals surface area contributed by atoms with Gasteiger partial charge in [0.25, 0.3) is 5.91 Å². The lowest BCUT2D eigenvalue weighted by Gasteiger charge is -2.15. The second-order valence-corrected chi connectivity index (χ2v) is 10.1. The minimum absolute atomic E-state index is 0.0468. The maximum absolute atomic E-state index is 13.6. The van der Waals surface area contributed by atoms with Crippen molar-refractivity contribution in [2.24, 2.45) is 0 Å². The first-order chi connectivity index (χ1) is 21.0. The molecule has 1 aromatic heterocycles. The summed E-state index contributed by atoms with van der Waals surface area (Å²) in [4.78, 5) is 30.5. The lowest BCUT2D eigenvalue weighted by molar-refractivity contribution is -0.137. The van der Waals surface area contributed by atoms with Gasteiger partial charge in [0.2, 0.25) is 0 Å². The number of halogens is 3. The number of ketones is 1. The van der Waals surface area contributed by atoms with Gasteiger partial charge in [-0.15, -0.1) is 0 Å². The Hall–Kier alpha value is -5.38. The minimum atomic E-state index is -4.74. The van der Waals surface area contributed by atoms with E-state index in [1.165, 1.54) is 14.2 Å². The van der Waals surface area contributed by atoms with Crippen molar-refractivity contribution < 1.29 is 37.0 Å². The third-order valence-electron chi connectivity index (χ3n) is 6.82. The number of carbonyl (C=O) groups excluding carboxylic acids is 2. The van der Waals surface area contributed by atoms with E-state index in [9.17, 15) is 22.8 Å². The average molecular weight is 601 g/mol. The summed E-state index contributed by atoms with van der Waals surface area (Å²) in [6.07, 6.45) is -2.01. The van der Waals surface area contributed by atoms with Crippen molar-refractivity contribution in [3.05, 3.63) is 107 Å². The zero-order valence-electron chi connectivity index (χ0n) is 24.2. The highest BCUT2D eigenvalue weighted by atomic mass is 19.4. The van der Waals surface area contributed by atoms with Crippen LogP contribution in [0.15, 0.2) is 90.6 Å². The molecule has 7 nitrogen and oxygen atoms in total. The second-order valence-electron chi connectivity index (χ2n) is 10.1. The molecule has 5 aromatic rings. The van der Waals surface area contributed by atoms with Crippen molar-refractivity contribution in [2.45, 2.75) is 20.0 Å². The van der Waals surface area contributed by atoms with Crippen LogP contribution in [0.25, 0.3) is 21.7 Å². The molecule has 224 valence electrons. The van der Waals surface area contributed by atoms with Crippen LogP contribution in [0.3, 0.4) is 0 Å². The maximum atomic E-state index is 13.6. The van der Waals surface area contributed by atoms with Crippen LogP contribution >= 0.6 is 0 Å². The van der Waals surface area contributed by atoms with E-state index in [-0.39, 0.29) is 11.3 Å². The summed E-state index contributed by atoms with van der Waals surface area (Å²) < 4.78 is 58.1. The van der Waals surface area contributed by atoms with Gasteiger partial charge < -0.3 is 19.5 Å². The monoisotopic (exact) mass is 600 g/mol. The molecule has 0 fully saturated rings. The maximum Gasteiger partial charge on any atom is 0.417 e. The fourth-order valence-corrected chi connectivity index (χ4v) is 4.83. The summed E-state index contributed by atoms with van der Waals surface area (Å²) in [5.74, 6) is 0.607. The minimum Gasteiger partial charge on any atom is -0.493 e. The van der Waals surface area contributed by atoms with E-state index < -0.39 is 29.0 Å². The highest BCUT2D eigenvalue weighted by molar-refractivity contribution is 6.14. The molecule has 0 radical (unpaired) electrons. The molecule has 1 N–H and O–H groups in total.